The average Bonchev–Trinajstić information content (AvgIpc) is 3.25. The number of anilines is 1. The van der Waals surface area contributed by atoms with Crippen molar-refractivity contribution in [3.63, 3.8) is 0 Å². The molecule has 0 unspecified atom stereocenters. The largest absolute Gasteiger partial charge is 0.340 e. The molecule has 2 amide bonds. The molecule has 2 heterocycles. The number of hydrogen-bond donors (Lipinski definition) is 0. The molecule has 0 aromatic heterocycles. The predicted molar refractivity (Wildman–Crippen MR) is 95.8 cm³/mol. The van der Waals surface area contributed by atoms with Crippen LogP contribution >= 0.6 is 0 Å². The molecule has 1 saturated carbocycles. The molecule has 2 saturated heterocycles. The van der Waals surface area contributed by atoms with E-state index in [0.717, 1.165) is 38.0 Å². The molecule has 4 heteroatoms. The van der Waals surface area contributed by atoms with Gasteiger partial charge in [-0.25, -0.2) is 0 Å². The molecular formula is C20H28N2O2. The van der Waals surface area contributed by atoms with Crippen molar-refractivity contribution >= 4 is 17.5 Å². The molecule has 4 rings (SSSR count). The van der Waals surface area contributed by atoms with Crippen LogP contribution in [0.4, 0.5) is 5.69 Å². The minimum atomic E-state index is 0.251. The van der Waals surface area contributed by atoms with E-state index in [0.29, 0.717) is 18.4 Å². The van der Waals surface area contributed by atoms with E-state index >= 15 is 0 Å². The monoisotopic (exact) mass is 328 g/mol. The zero-order valence-corrected chi connectivity index (χ0v) is 14.5. The lowest BCUT2D eigenvalue weighted by molar-refractivity contribution is -0.130. The van der Waals surface area contributed by atoms with Crippen molar-refractivity contribution in [1.82, 2.24) is 4.90 Å². The summed E-state index contributed by atoms with van der Waals surface area (Å²) in [4.78, 5) is 26.7. The Labute approximate surface area is 144 Å². The summed E-state index contributed by atoms with van der Waals surface area (Å²) in [5.74, 6) is 0.656. The van der Waals surface area contributed by atoms with Gasteiger partial charge in [0.25, 0.3) is 0 Å². The second-order valence-electron chi connectivity index (χ2n) is 6.97. The van der Waals surface area contributed by atoms with Crippen LogP contribution < -0.4 is 4.90 Å². The van der Waals surface area contributed by atoms with Crippen molar-refractivity contribution in [2.24, 2.45) is 0 Å². The van der Waals surface area contributed by atoms with Crippen LogP contribution in [0.1, 0.15) is 57.8 Å². The molecule has 1 aliphatic carbocycles. The lowest BCUT2D eigenvalue weighted by Crippen LogP contribution is -2.37. The van der Waals surface area contributed by atoms with Gasteiger partial charge in [0.15, 0.2) is 0 Å². The van der Waals surface area contributed by atoms with Gasteiger partial charge in [0.05, 0.1) is 0 Å². The Morgan fingerprint density at radius 1 is 0.750 bits per heavy atom. The smallest absolute Gasteiger partial charge is 0.227 e. The van der Waals surface area contributed by atoms with Crippen LogP contribution in [0.15, 0.2) is 30.3 Å². The minimum absolute atomic E-state index is 0.251. The van der Waals surface area contributed by atoms with E-state index in [4.69, 9.17) is 0 Å². The average molecular weight is 328 g/mol. The first kappa shape index (κ1) is 17.0. The fourth-order valence-corrected chi connectivity index (χ4v) is 3.98. The Balaban J connectivity index is 0.000000141. The summed E-state index contributed by atoms with van der Waals surface area (Å²) >= 11 is 0. The topological polar surface area (TPSA) is 40.6 Å². The molecule has 0 bridgehead atoms. The van der Waals surface area contributed by atoms with Crippen molar-refractivity contribution in [3.8, 4) is 0 Å². The molecule has 130 valence electrons. The van der Waals surface area contributed by atoms with Crippen LogP contribution in [0.5, 0.6) is 0 Å². The van der Waals surface area contributed by atoms with E-state index in [1.807, 2.05) is 35.2 Å². The minimum Gasteiger partial charge on any atom is -0.340 e. The number of carbonyl (C=O) groups is 2. The fraction of sp³-hybridized carbons (Fsp3) is 0.600. The van der Waals surface area contributed by atoms with Crippen molar-refractivity contribution in [2.75, 3.05) is 18.0 Å². The van der Waals surface area contributed by atoms with Gasteiger partial charge in [0.2, 0.25) is 11.8 Å². The molecule has 1 aromatic carbocycles. The first-order valence-corrected chi connectivity index (χ1v) is 9.40. The predicted octanol–water partition coefficient (Wildman–Crippen LogP) is 3.75. The second-order valence-corrected chi connectivity index (χ2v) is 6.97. The summed E-state index contributed by atoms with van der Waals surface area (Å²) in [7, 11) is 0. The van der Waals surface area contributed by atoms with Gasteiger partial charge in [-0.2, -0.15) is 0 Å². The Kier molecular flexibility index (Phi) is 5.89. The van der Waals surface area contributed by atoms with Crippen LogP contribution in [0.3, 0.4) is 0 Å². The highest BCUT2D eigenvalue weighted by Gasteiger charge is 2.28. The van der Waals surface area contributed by atoms with Gasteiger partial charge in [0.1, 0.15) is 0 Å². The zero-order chi connectivity index (χ0) is 16.8. The van der Waals surface area contributed by atoms with Gasteiger partial charge in [0, 0.05) is 37.7 Å². The maximum atomic E-state index is 11.4. The highest BCUT2D eigenvalue weighted by molar-refractivity contribution is 5.95. The first-order valence-electron chi connectivity index (χ1n) is 9.40. The Hall–Kier alpha value is -1.84. The number of nitrogens with zero attached hydrogens (tertiary/aromatic N) is 2. The third-order valence-electron chi connectivity index (χ3n) is 5.27. The zero-order valence-electron chi connectivity index (χ0n) is 14.5. The molecule has 0 spiro atoms. The molecule has 4 nitrogen and oxygen atoms in total. The van der Waals surface area contributed by atoms with Gasteiger partial charge in [-0.15, -0.1) is 0 Å². The number of benzene rings is 1. The highest BCUT2D eigenvalue weighted by Crippen LogP contribution is 2.26. The van der Waals surface area contributed by atoms with Gasteiger partial charge in [-0.05, 0) is 37.8 Å². The summed E-state index contributed by atoms with van der Waals surface area (Å²) in [6, 6.07) is 10.4. The Bertz CT molecular complexity index is 552. The van der Waals surface area contributed by atoms with Crippen molar-refractivity contribution in [2.45, 2.75) is 63.8 Å². The standard InChI is InChI=1S/C10H17NO.C10H11NO/c2*12-10-7-4-8-11(10)9-5-2-1-3-6-9/h9H,1-8H2;1-3,5-6H,4,7-8H2. The molecule has 0 radical (unpaired) electrons. The van der Waals surface area contributed by atoms with E-state index in [2.05, 4.69) is 4.90 Å². The molecular weight excluding hydrogens is 300 g/mol. The third-order valence-corrected chi connectivity index (χ3v) is 5.27. The lowest BCUT2D eigenvalue weighted by Gasteiger charge is -2.30. The molecule has 3 aliphatic rings. The normalized spacial score (nSPS) is 21.8. The second kappa shape index (κ2) is 8.32. The molecule has 1 aromatic rings. The quantitative estimate of drug-likeness (QED) is 0.829. The SMILES string of the molecule is O=C1CCCN1C1CCCCC1.O=C1CCCN1c1ccccc1. The van der Waals surface area contributed by atoms with Crippen LogP contribution in [-0.2, 0) is 9.59 Å². The van der Waals surface area contributed by atoms with Crippen molar-refractivity contribution in [3.05, 3.63) is 30.3 Å². The molecule has 3 fully saturated rings. The first-order chi connectivity index (χ1) is 11.8. The van der Waals surface area contributed by atoms with E-state index in [1.54, 1.807) is 0 Å². The Morgan fingerprint density at radius 2 is 1.42 bits per heavy atom. The van der Waals surface area contributed by atoms with Crippen molar-refractivity contribution in [1.29, 1.82) is 0 Å². The Morgan fingerprint density at radius 3 is 2.00 bits per heavy atom. The van der Waals surface area contributed by atoms with E-state index in [9.17, 15) is 9.59 Å². The van der Waals surface area contributed by atoms with E-state index in [1.165, 1.54) is 32.1 Å². The number of carbonyl (C=O) groups excluding carboxylic acids is 2. The summed E-state index contributed by atoms with van der Waals surface area (Å²) < 4.78 is 0. The number of para-hydroxylation sites is 1. The fourth-order valence-electron chi connectivity index (χ4n) is 3.98. The van der Waals surface area contributed by atoms with Gasteiger partial charge in [-0.3, -0.25) is 9.59 Å². The lowest BCUT2D eigenvalue weighted by atomic mass is 9.94. The maximum absolute atomic E-state index is 11.4. The number of rotatable bonds is 2. The maximum Gasteiger partial charge on any atom is 0.227 e. The summed E-state index contributed by atoms with van der Waals surface area (Å²) in [5.41, 5.74) is 1.03. The third kappa shape index (κ3) is 4.16. The summed E-state index contributed by atoms with van der Waals surface area (Å²) in [6.45, 7) is 1.91. The van der Waals surface area contributed by atoms with E-state index < -0.39 is 0 Å². The van der Waals surface area contributed by atoms with Crippen LogP contribution in [0, 0.1) is 0 Å². The van der Waals surface area contributed by atoms with Crippen LogP contribution in [0.2, 0.25) is 0 Å². The number of amides is 2. The number of likely N-dealkylation sites (tertiary alicyclic amines) is 1. The van der Waals surface area contributed by atoms with Gasteiger partial charge < -0.3 is 9.80 Å². The van der Waals surface area contributed by atoms with Crippen molar-refractivity contribution < 1.29 is 9.59 Å². The van der Waals surface area contributed by atoms with Crippen LogP contribution in [-0.4, -0.2) is 35.8 Å². The van der Waals surface area contributed by atoms with Gasteiger partial charge >= 0.3 is 0 Å². The summed E-state index contributed by atoms with van der Waals surface area (Å²) in [5, 5.41) is 0. The highest BCUT2D eigenvalue weighted by atomic mass is 16.2. The molecule has 0 atom stereocenters. The molecule has 24 heavy (non-hydrogen) atoms. The number of hydrogen-bond acceptors (Lipinski definition) is 2. The molecule has 0 N–H and O–H groups in total. The summed E-state index contributed by atoms with van der Waals surface area (Å²) in [6.07, 6.45) is 10.1. The van der Waals surface area contributed by atoms with Crippen LogP contribution in [0.25, 0.3) is 0 Å². The van der Waals surface area contributed by atoms with E-state index in [-0.39, 0.29) is 5.91 Å². The van der Waals surface area contributed by atoms with Gasteiger partial charge in [-0.1, -0.05) is 37.5 Å². The molecule has 2 aliphatic heterocycles.